The Balaban J connectivity index is 3.33. The van der Waals surface area contributed by atoms with E-state index in [1.165, 1.54) is 0 Å². The zero-order valence-corrected chi connectivity index (χ0v) is 11.1. The molecule has 0 spiro atoms. The topological polar surface area (TPSA) is 70.8 Å². The minimum atomic E-state index is -0.233. The highest BCUT2D eigenvalue weighted by Crippen LogP contribution is 2.04. The van der Waals surface area contributed by atoms with Crippen LogP contribution in [0.15, 0.2) is 0 Å². The van der Waals surface area contributed by atoms with Crippen LogP contribution in [0.25, 0.3) is 0 Å². The highest BCUT2D eigenvalue weighted by Gasteiger charge is 2.13. The smallest absolute Gasteiger partial charge is 0.307 e. The molecule has 1 unspecified atom stereocenters. The molecule has 102 valence electrons. The molecule has 0 radical (unpaired) electrons. The van der Waals surface area contributed by atoms with Crippen LogP contribution in [0, 0.1) is 5.92 Å². The van der Waals surface area contributed by atoms with Gasteiger partial charge < -0.3 is 19.9 Å². The molecule has 0 aliphatic heterocycles. The van der Waals surface area contributed by atoms with Crippen LogP contribution in [0.3, 0.4) is 0 Å². The van der Waals surface area contributed by atoms with Crippen LogP contribution in [0.4, 0.5) is 0 Å². The number of methoxy groups -OCH3 is 1. The largest absolute Gasteiger partial charge is 0.466 e. The molecule has 0 amide bonds. The molecule has 0 saturated carbocycles. The summed E-state index contributed by atoms with van der Waals surface area (Å²) in [7, 11) is 1.63. The molecule has 0 heterocycles. The van der Waals surface area contributed by atoms with Crippen molar-refractivity contribution in [2.75, 3.05) is 33.5 Å². The van der Waals surface area contributed by atoms with Crippen LogP contribution in [-0.2, 0) is 19.0 Å². The zero-order chi connectivity index (χ0) is 13.1. The van der Waals surface area contributed by atoms with Gasteiger partial charge in [0.25, 0.3) is 0 Å². The molecule has 0 rings (SSSR count). The van der Waals surface area contributed by atoms with Crippen molar-refractivity contribution >= 4 is 5.97 Å². The third kappa shape index (κ3) is 10.2. The Morgan fingerprint density at radius 1 is 1.18 bits per heavy atom. The van der Waals surface area contributed by atoms with Crippen LogP contribution in [0.2, 0.25) is 0 Å². The first kappa shape index (κ1) is 16.4. The predicted octanol–water partition coefficient (Wildman–Crippen LogP) is 0.956. The highest BCUT2D eigenvalue weighted by molar-refractivity contribution is 5.70. The van der Waals surface area contributed by atoms with E-state index < -0.39 is 0 Å². The highest BCUT2D eigenvalue weighted by atomic mass is 16.5. The van der Waals surface area contributed by atoms with Crippen molar-refractivity contribution in [3.8, 4) is 0 Å². The van der Waals surface area contributed by atoms with E-state index in [-0.39, 0.29) is 18.4 Å². The normalized spacial score (nSPS) is 12.8. The van der Waals surface area contributed by atoms with Crippen molar-refractivity contribution in [3.05, 3.63) is 0 Å². The van der Waals surface area contributed by atoms with Crippen LogP contribution in [0.5, 0.6) is 0 Å². The quantitative estimate of drug-likeness (QED) is 0.460. The predicted molar refractivity (Wildman–Crippen MR) is 65.7 cm³/mol. The van der Waals surface area contributed by atoms with Crippen LogP contribution >= 0.6 is 0 Å². The lowest BCUT2D eigenvalue weighted by atomic mass is 10.0. The fraction of sp³-hybridized carbons (Fsp3) is 0.917. The molecule has 0 bridgehead atoms. The van der Waals surface area contributed by atoms with Gasteiger partial charge in [0.1, 0.15) is 0 Å². The van der Waals surface area contributed by atoms with Gasteiger partial charge in [-0.3, -0.25) is 4.79 Å². The lowest BCUT2D eigenvalue weighted by molar-refractivity contribution is -0.144. The first-order valence-electron chi connectivity index (χ1n) is 6.05. The average Bonchev–Trinajstić information content (AvgIpc) is 2.27. The van der Waals surface area contributed by atoms with Crippen molar-refractivity contribution < 1.29 is 19.0 Å². The summed E-state index contributed by atoms with van der Waals surface area (Å²) in [4.78, 5) is 11.3. The summed E-state index contributed by atoms with van der Waals surface area (Å²) in [6.07, 6.45) is 0.981. The molecule has 0 aliphatic rings. The molecular formula is C12H25NO4. The second-order valence-corrected chi connectivity index (χ2v) is 4.29. The summed E-state index contributed by atoms with van der Waals surface area (Å²) in [5.74, 6) is 0.0584. The number of nitrogens with two attached hydrogens (primary N) is 1. The van der Waals surface area contributed by atoms with Crippen molar-refractivity contribution in [3.63, 3.8) is 0 Å². The van der Waals surface area contributed by atoms with Gasteiger partial charge in [-0.05, 0) is 5.92 Å². The van der Waals surface area contributed by atoms with E-state index in [0.717, 1.165) is 0 Å². The SMILES string of the molecule is COCCOCCCOC(=O)CC(N)C(C)C. The lowest BCUT2D eigenvalue weighted by Crippen LogP contribution is -2.30. The fourth-order valence-electron chi connectivity index (χ4n) is 1.08. The van der Waals surface area contributed by atoms with Crippen LogP contribution in [-0.4, -0.2) is 45.5 Å². The number of carbonyl (C=O) groups excluding carboxylic acids is 1. The van der Waals surface area contributed by atoms with Gasteiger partial charge in [0.2, 0.25) is 0 Å². The van der Waals surface area contributed by atoms with Gasteiger partial charge >= 0.3 is 5.97 Å². The molecule has 0 aromatic carbocycles. The van der Waals surface area contributed by atoms with Crippen LogP contribution < -0.4 is 5.73 Å². The van der Waals surface area contributed by atoms with Gasteiger partial charge in [0, 0.05) is 26.2 Å². The summed E-state index contributed by atoms with van der Waals surface area (Å²) < 4.78 is 15.1. The number of rotatable bonds is 10. The van der Waals surface area contributed by atoms with Gasteiger partial charge in [0.15, 0.2) is 0 Å². The third-order valence-corrected chi connectivity index (χ3v) is 2.39. The van der Waals surface area contributed by atoms with E-state index in [4.69, 9.17) is 19.9 Å². The van der Waals surface area contributed by atoms with E-state index >= 15 is 0 Å². The molecule has 0 saturated heterocycles. The Morgan fingerprint density at radius 2 is 1.88 bits per heavy atom. The van der Waals surface area contributed by atoms with Crippen molar-refractivity contribution in [1.82, 2.24) is 0 Å². The summed E-state index contributed by atoms with van der Waals surface area (Å²) in [6, 6.07) is -0.125. The maximum Gasteiger partial charge on any atom is 0.307 e. The minimum Gasteiger partial charge on any atom is -0.466 e. The molecule has 0 aromatic heterocycles. The average molecular weight is 247 g/mol. The van der Waals surface area contributed by atoms with E-state index in [1.54, 1.807) is 7.11 Å². The van der Waals surface area contributed by atoms with Crippen molar-refractivity contribution in [2.45, 2.75) is 32.7 Å². The molecule has 0 aromatic rings. The van der Waals surface area contributed by atoms with E-state index in [1.807, 2.05) is 13.8 Å². The van der Waals surface area contributed by atoms with Gasteiger partial charge in [-0.15, -0.1) is 0 Å². The molecule has 1 atom stereocenters. The summed E-state index contributed by atoms with van der Waals surface area (Å²) in [5, 5.41) is 0. The molecule has 5 heteroatoms. The molecule has 17 heavy (non-hydrogen) atoms. The monoisotopic (exact) mass is 247 g/mol. The van der Waals surface area contributed by atoms with E-state index in [9.17, 15) is 4.79 Å². The standard InChI is InChI=1S/C12H25NO4/c1-10(2)11(13)9-12(14)17-6-4-5-16-8-7-15-3/h10-11H,4-9,13H2,1-3H3. The molecule has 2 N–H and O–H groups in total. The fourth-order valence-corrected chi connectivity index (χ4v) is 1.08. The first-order valence-corrected chi connectivity index (χ1v) is 6.05. The summed E-state index contributed by atoms with van der Waals surface area (Å²) in [6.45, 7) is 6.10. The van der Waals surface area contributed by atoms with E-state index in [2.05, 4.69) is 0 Å². The Labute approximate surface area is 104 Å². The molecule has 0 fully saturated rings. The Kier molecular flexibility index (Phi) is 10.1. The zero-order valence-electron chi connectivity index (χ0n) is 11.1. The number of hydrogen-bond acceptors (Lipinski definition) is 5. The molecular weight excluding hydrogens is 222 g/mol. The van der Waals surface area contributed by atoms with Gasteiger partial charge in [-0.2, -0.15) is 0 Å². The Morgan fingerprint density at radius 3 is 2.47 bits per heavy atom. The number of esters is 1. The van der Waals surface area contributed by atoms with Gasteiger partial charge in [-0.1, -0.05) is 13.8 Å². The van der Waals surface area contributed by atoms with Crippen molar-refractivity contribution in [2.24, 2.45) is 11.7 Å². The van der Waals surface area contributed by atoms with Crippen LogP contribution in [0.1, 0.15) is 26.7 Å². The van der Waals surface area contributed by atoms with Gasteiger partial charge in [0.05, 0.1) is 26.2 Å². The number of carbonyl (C=O) groups is 1. The van der Waals surface area contributed by atoms with E-state index in [0.29, 0.717) is 38.8 Å². The summed E-state index contributed by atoms with van der Waals surface area (Å²) in [5.41, 5.74) is 5.76. The third-order valence-electron chi connectivity index (χ3n) is 2.39. The summed E-state index contributed by atoms with van der Waals surface area (Å²) >= 11 is 0. The lowest BCUT2D eigenvalue weighted by Gasteiger charge is -2.14. The number of hydrogen-bond donors (Lipinski definition) is 1. The molecule has 5 nitrogen and oxygen atoms in total. The Bertz CT molecular complexity index is 197. The maximum absolute atomic E-state index is 11.3. The van der Waals surface area contributed by atoms with Gasteiger partial charge in [-0.25, -0.2) is 0 Å². The molecule has 0 aliphatic carbocycles. The second-order valence-electron chi connectivity index (χ2n) is 4.29. The number of ether oxygens (including phenoxy) is 3. The first-order chi connectivity index (χ1) is 8.07. The Hall–Kier alpha value is -0.650. The minimum absolute atomic E-state index is 0.125. The maximum atomic E-state index is 11.3. The second kappa shape index (κ2) is 10.5. The van der Waals surface area contributed by atoms with Crippen molar-refractivity contribution in [1.29, 1.82) is 0 Å².